The number of aryl methyl sites for hydroxylation is 1. The van der Waals surface area contributed by atoms with E-state index in [0.29, 0.717) is 5.56 Å². The molecule has 1 aromatic carbocycles. The van der Waals surface area contributed by atoms with Crippen molar-refractivity contribution in [3.8, 4) is 0 Å². The van der Waals surface area contributed by atoms with Crippen LogP contribution in [0.25, 0.3) is 0 Å². The normalized spacial score (nSPS) is 14.9. The van der Waals surface area contributed by atoms with E-state index in [1.165, 1.54) is 5.56 Å². The molecule has 0 radical (unpaired) electrons. The van der Waals surface area contributed by atoms with Gasteiger partial charge in [0.15, 0.2) is 0 Å². The van der Waals surface area contributed by atoms with Gasteiger partial charge >= 0.3 is 5.97 Å². The first-order valence-corrected chi connectivity index (χ1v) is 7.18. The average molecular weight is 285 g/mol. The molecule has 2 heterocycles. The Labute approximate surface area is 123 Å². The summed E-state index contributed by atoms with van der Waals surface area (Å²) in [5.74, 6) is 0.171. The van der Waals surface area contributed by atoms with Crippen LogP contribution in [0.15, 0.2) is 30.6 Å². The first-order valence-electron chi connectivity index (χ1n) is 7.18. The molecule has 21 heavy (non-hydrogen) atoms. The van der Waals surface area contributed by atoms with Gasteiger partial charge in [-0.15, -0.1) is 0 Å². The Kier molecular flexibility index (Phi) is 3.75. The van der Waals surface area contributed by atoms with Crippen molar-refractivity contribution in [3.63, 3.8) is 0 Å². The molecular weight excluding hydrogens is 266 g/mol. The lowest BCUT2D eigenvalue weighted by molar-refractivity contribution is 0.0696. The second-order valence-corrected chi connectivity index (χ2v) is 5.48. The van der Waals surface area contributed by atoms with Crippen molar-refractivity contribution in [1.82, 2.24) is 14.5 Å². The zero-order valence-corrected chi connectivity index (χ0v) is 12.1. The predicted molar refractivity (Wildman–Crippen MR) is 79.3 cm³/mol. The van der Waals surface area contributed by atoms with Crippen molar-refractivity contribution in [2.75, 3.05) is 13.1 Å². The number of aromatic carboxylic acids is 1. The quantitative estimate of drug-likeness (QED) is 0.933. The number of carboxylic acid groups (broad SMARTS) is 1. The van der Waals surface area contributed by atoms with Crippen LogP contribution in [0.3, 0.4) is 0 Å². The second-order valence-electron chi connectivity index (χ2n) is 5.48. The third-order valence-corrected chi connectivity index (χ3v) is 4.13. The SMILES string of the molecule is Cc1nccn1CCN1CCc2ccc(C(=O)O)cc2C1. The molecule has 1 aliphatic heterocycles. The number of rotatable bonds is 4. The topological polar surface area (TPSA) is 58.4 Å². The van der Waals surface area contributed by atoms with Crippen LogP contribution in [-0.2, 0) is 19.5 Å². The summed E-state index contributed by atoms with van der Waals surface area (Å²) in [6.45, 7) is 5.72. The molecule has 0 spiro atoms. The maximum absolute atomic E-state index is 11.1. The Morgan fingerprint density at radius 1 is 1.33 bits per heavy atom. The molecule has 1 aromatic heterocycles. The van der Waals surface area contributed by atoms with E-state index in [9.17, 15) is 4.79 Å². The van der Waals surface area contributed by atoms with Crippen LogP contribution in [0.5, 0.6) is 0 Å². The highest BCUT2D eigenvalue weighted by Gasteiger charge is 2.17. The van der Waals surface area contributed by atoms with Crippen LogP contribution >= 0.6 is 0 Å². The van der Waals surface area contributed by atoms with E-state index >= 15 is 0 Å². The summed E-state index contributed by atoms with van der Waals surface area (Å²) in [5.41, 5.74) is 2.79. The van der Waals surface area contributed by atoms with Gasteiger partial charge in [-0.25, -0.2) is 9.78 Å². The Morgan fingerprint density at radius 3 is 2.90 bits per heavy atom. The minimum absolute atomic E-state index is 0.376. The fourth-order valence-corrected chi connectivity index (χ4v) is 2.83. The fraction of sp³-hybridized carbons (Fsp3) is 0.375. The van der Waals surface area contributed by atoms with E-state index in [0.717, 1.165) is 44.0 Å². The van der Waals surface area contributed by atoms with Gasteiger partial charge < -0.3 is 9.67 Å². The van der Waals surface area contributed by atoms with Gasteiger partial charge in [-0.05, 0) is 36.6 Å². The molecule has 0 aliphatic carbocycles. The third-order valence-electron chi connectivity index (χ3n) is 4.13. The summed E-state index contributed by atoms with van der Waals surface area (Å²) >= 11 is 0. The van der Waals surface area contributed by atoms with Crippen molar-refractivity contribution in [1.29, 1.82) is 0 Å². The highest BCUT2D eigenvalue weighted by atomic mass is 16.4. The van der Waals surface area contributed by atoms with E-state index in [1.807, 2.05) is 31.5 Å². The summed E-state index contributed by atoms with van der Waals surface area (Å²) in [6, 6.07) is 5.47. The van der Waals surface area contributed by atoms with Crippen molar-refractivity contribution in [2.45, 2.75) is 26.4 Å². The van der Waals surface area contributed by atoms with Gasteiger partial charge in [-0.1, -0.05) is 6.07 Å². The molecule has 0 saturated carbocycles. The summed E-state index contributed by atoms with van der Waals surface area (Å²) in [6.07, 6.45) is 4.80. The molecule has 5 nitrogen and oxygen atoms in total. The molecular formula is C16H19N3O2. The van der Waals surface area contributed by atoms with Crippen molar-refractivity contribution >= 4 is 5.97 Å². The first kappa shape index (κ1) is 13.8. The third kappa shape index (κ3) is 2.97. The molecule has 1 aliphatic rings. The number of hydrogen-bond acceptors (Lipinski definition) is 3. The predicted octanol–water partition coefficient (Wildman–Crippen LogP) is 1.95. The van der Waals surface area contributed by atoms with Gasteiger partial charge in [-0.2, -0.15) is 0 Å². The fourth-order valence-electron chi connectivity index (χ4n) is 2.83. The van der Waals surface area contributed by atoms with Crippen LogP contribution in [0, 0.1) is 6.92 Å². The highest BCUT2D eigenvalue weighted by molar-refractivity contribution is 5.87. The summed E-state index contributed by atoms with van der Waals surface area (Å²) in [7, 11) is 0. The van der Waals surface area contributed by atoms with Crippen molar-refractivity contribution in [2.24, 2.45) is 0 Å². The molecule has 2 aromatic rings. The van der Waals surface area contributed by atoms with E-state index in [2.05, 4.69) is 14.5 Å². The van der Waals surface area contributed by atoms with Crippen molar-refractivity contribution in [3.05, 3.63) is 53.1 Å². The number of hydrogen-bond donors (Lipinski definition) is 1. The molecule has 0 atom stereocenters. The van der Waals surface area contributed by atoms with Crippen LogP contribution in [0.4, 0.5) is 0 Å². The number of nitrogens with zero attached hydrogens (tertiary/aromatic N) is 3. The molecule has 0 fully saturated rings. The van der Waals surface area contributed by atoms with E-state index < -0.39 is 5.97 Å². The van der Waals surface area contributed by atoms with Crippen LogP contribution < -0.4 is 0 Å². The largest absolute Gasteiger partial charge is 0.478 e. The minimum atomic E-state index is -0.857. The van der Waals surface area contributed by atoms with Gasteiger partial charge in [0, 0.05) is 38.6 Å². The number of fused-ring (bicyclic) bond motifs is 1. The summed E-state index contributed by atoms with van der Waals surface area (Å²) in [5, 5.41) is 9.09. The lowest BCUT2D eigenvalue weighted by Gasteiger charge is -2.29. The standard InChI is InChI=1S/C16H19N3O2/c1-12-17-5-7-19(12)9-8-18-6-4-13-2-3-14(16(20)21)10-15(13)11-18/h2-3,5,7,10H,4,6,8-9,11H2,1H3,(H,20,21). The lowest BCUT2D eigenvalue weighted by Crippen LogP contribution is -2.33. The molecule has 0 unspecified atom stereocenters. The molecule has 0 amide bonds. The number of carbonyl (C=O) groups is 1. The van der Waals surface area contributed by atoms with Gasteiger partial charge in [0.25, 0.3) is 0 Å². The second kappa shape index (κ2) is 5.69. The zero-order chi connectivity index (χ0) is 14.8. The zero-order valence-electron chi connectivity index (χ0n) is 12.1. The monoisotopic (exact) mass is 285 g/mol. The Hall–Kier alpha value is -2.14. The molecule has 3 rings (SSSR count). The van der Waals surface area contributed by atoms with Gasteiger partial charge in [0.05, 0.1) is 5.56 Å². The highest BCUT2D eigenvalue weighted by Crippen LogP contribution is 2.20. The Balaban J connectivity index is 1.67. The number of aromatic nitrogens is 2. The van der Waals surface area contributed by atoms with Gasteiger partial charge in [0.2, 0.25) is 0 Å². The van der Waals surface area contributed by atoms with E-state index in [1.54, 1.807) is 6.07 Å². The summed E-state index contributed by atoms with van der Waals surface area (Å²) < 4.78 is 2.14. The smallest absolute Gasteiger partial charge is 0.335 e. The molecule has 5 heteroatoms. The van der Waals surface area contributed by atoms with Gasteiger partial charge in [-0.3, -0.25) is 4.90 Å². The Morgan fingerprint density at radius 2 is 2.19 bits per heavy atom. The maximum Gasteiger partial charge on any atom is 0.335 e. The number of benzene rings is 1. The average Bonchev–Trinajstić information content (AvgIpc) is 2.89. The van der Waals surface area contributed by atoms with Crippen LogP contribution in [0.2, 0.25) is 0 Å². The molecule has 110 valence electrons. The first-order chi connectivity index (χ1) is 10.1. The van der Waals surface area contributed by atoms with Crippen molar-refractivity contribution < 1.29 is 9.90 Å². The summed E-state index contributed by atoms with van der Waals surface area (Å²) in [4.78, 5) is 17.7. The molecule has 1 N–H and O–H groups in total. The Bertz CT molecular complexity index is 663. The molecule has 0 saturated heterocycles. The lowest BCUT2D eigenvalue weighted by atomic mass is 9.97. The number of carboxylic acids is 1. The van der Waals surface area contributed by atoms with Gasteiger partial charge in [0.1, 0.15) is 5.82 Å². The van der Waals surface area contributed by atoms with Crippen LogP contribution in [0.1, 0.15) is 27.3 Å². The molecule has 0 bridgehead atoms. The van der Waals surface area contributed by atoms with E-state index in [-0.39, 0.29) is 0 Å². The van der Waals surface area contributed by atoms with Crippen LogP contribution in [-0.4, -0.2) is 38.6 Å². The number of imidazole rings is 1. The van der Waals surface area contributed by atoms with E-state index in [4.69, 9.17) is 5.11 Å². The minimum Gasteiger partial charge on any atom is -0.478 e. The maximum atomic E-state index is 11.1.